The molecule has 120 valence electrons. The van der Waals surface area contributed by atoms with Crippen LogP contribution in [0.1, 0.15) is 0 Å². The molecule has 23 heavy (non-hydrogen) atoms. The van der Waals surface area contributed by atoms with E-state index in [2.05, 4.69) is 5.16 Å². The smallest absolute Gasteiger partial charge is 0.182 e. The van der Waals surface area contributed by atoms with E-state index in [1.165, 1.54) is 0 Å². The van der Waals surface area contributed by atoms with Crippen molar-refractivity contribution in [1.82, 2.24) is 5.16 Å². The Bertz CT molecular complexity index is 840. The number of rotatable bonds is 5. The zero-order chi connectivity index (χ0) is 16.4. The highest BCUT2D eigenvalue weighted by Crippen LogP contribution is 2.43. The summed E-state index contributed by atoms with van der Waals surface area (Å²) in [5.41, 5.74) is 1.31. The van der Waals surface area contributed by atoms with Crippen LogP contribution in [-0.4, -0.2) is 33.6 Å². The van der Waals surface area contributed by atoms with E-state index in [4.69, 9.17) is 23.5 Å². The molecule has 0 saturated carbocycles. The Labute approximate surface area is 133 Å². The normalized spacial score (nSPS) is 10.6. The van der Waals surface area contributed by atoms with Crippen molar-refractivity contribution in [1.29, 1.82) is 0 Å². The van der Waals surface area contributed by atoms with Crippen molar-refractivity contribution in [3.8, 4) is 34.3 Å². The van der Waals surface area contributed by atoms with Gasteiger partial charge in [0.2, 0.25) is 0 Å². The minimum atomic E-state index is 0.534. The molecule has 6 nitrogen and oxygen atoms in total. The number of hydrogen-bond acceptors (Lipinski definition) is 6. The average Bonchev–Trinajstić information content (AvgIpc) is 3.05. The predicted octanol–water partition coefficient (Wildman–Crippen LogP) is 3.53. The highest BCUT2D eigenvalue weighted by molar-refractivity contribution is 6.00. The lowest BCUT2D eigenvalue weighted by Gasteiger charge is -2.10. The summed E-state index contributed by atoms with van der Waals surface area (Å²) in [6.45, 7) is 0. The van der Waals surface area contributed by atoms with E-state index in [0.717, 1.165) is 10.9 Å². The number of aromatic nitrogens is 1. The lowest BCUT2D eigenvalue weighted by Crippen LogP contribution is -1.91. The molecule has 0 amide bonds. The molecule has 0 bridgehead atoms. The van der Waals surface area contributed by atoms with Crippen LogP contribution in [0.2, 0.25) is 0 Å². The summed E-state index contributed by atoms with van der Waals surface area (Å²) in [5, 5.41) is 4.85. The van der Waals surface area contributed by atoms with Gasteiger partial charge in [0.25, 0.3) is 0 Å². The van der Waals surface area contributed by atoms with E-state index in [-0.39, 0.29) is 0 Å². The van der Waals surface area contributed by atoms with Crippen LogP contribution in [0.15, 0.2) is 34.9 Å². The second kappa shape index (κ2) is 6.08. The molecule has 0 fully saturated rings. The molecule has 6 heteroatoms. The van der Waals surface area contributed by atoms with E-state index < -0.39 is 0 Å². The molecule has 1 heterocycles. The minimum Gasteiger partial charge on any atom is -0.497 e. The van der Waals surface area contributed by atoms with Crippen LogP contribution in [0.5, 0.6) is 23.0 Å². The van der Waals surface area contributed by atoms with Crippen molar-refractivity contribution in [2.75, 3.05) is 28.4 Å². The van der Waals surface area contributed by atoms with E-state index in [1.54, 1.807) is 34.5 Å². The highest BCUT2D eigenvalue weighted by Gasteiger charge is 2.22. The number of hydrogen-bond donors (Lipinski definition) is 0. The fourth-order valence-corrected chi connectivity index (χ4v) is 2.51. The molecule has 0 aliphatic rings. The highest BCUT2D eigenvalue weighted by atomic mass is 16.5. The van der Waals surface area contributed by atoms with Crippen LogP contribution in [-0.2, 0) is 0 Å². The Morgan fingerprint density at radius 2 is 1.43 bits per heavy atom. The van der Waals surface area contributed by atoms with Gasteiger partial charge < -0.3 is 23.5 Å². The molecule has 3 aromatic rings. The Morgan fingerprint density at radius 1 is 0.783 bits per heavy atom. The standard InChI is InChI=1S/C17H17NO5/c1-19-10-5-6-12(20-2)11(9-10)17-15-13(21-3)7-8-14(22-4)16(15)18-23-17/h5-9H,1-4H3. The third-order valence-corrected chi connectivity index (χ3v) is 3.65. The Morgan fingerprint density at radius 3 is 2.09 bits per heavy atom. The van der Waals surface area contributed by atoms with Gasteiger partial charge in [-0.3, -0.25) is 0 Å². The van der Waals surface area contributed by atoms with Gasteiger partial charge in [-0.15, -0.1) is 0 Å². The topological polar surface area (TPSA) is 63.0 Å². The first-order valence-electron chi connectivity index (χ1n) is 6.96. The van der Waals surface area contributed by atoms with Crippen molar-refractivity contribution < 1.29 is 23.5 Å². The molecule has 1 aromatic heterocycles. The van der Waals surface area contributed by atoms with Gasteiger partial charge in [-0.05, 0) is 30.3 Å². The lowest BCUT2D eigenvalue weighted by atomic mass is 10.1. The summed E-state index contributed by atoms with van der Waals surface area (Å²) in [4.78, 5) is 0. The molecule has 0 spiro atoms. The summed E-state index contributed by atoms with van der Waals surface area (Å²) in [6.07, 6.45) is 0. The molecule has 0 unspecified atom stereocenters. The quantitative estimate of drug-likeness (QED) is 0.718. The van der Waals surface area contributed by atoms with E-state index in [1.807, 2.05) is 24.3 Å². The third kappa shape index (κ3) is 2.42. The van der Waals surface area contributed by atoms with Crippen LogP contribution in [0.25, 0.3) is 22.2 Å². The summed E-state index contributed by atoms with van der Waals surface area (Å²) in [6, 6.07) is 9.07. The molecule has 0 aliphatic heterocycles. The number of ether oxygens (including phenoxy) is 4. The van der Waals surface area contributed by atoms with Crippen molar-refractivity contribution in [2.45, 2.75) is 0 Å². The second-order valence-electron chi connectivity index (χ2n) is 4.77. The molecule has 2 aromatic carbocycles. The molecule has 0 aliphatic carbocycles. The number of benzene rings is 2. The van der Waals surface area contributed by atoms with E-state index in [0.29, 0.717) is 34.3 Å². The fourth-order valence-electron chi connectivity index (χ4n) is 2.51. The molecule has 0 radical (unpaired) electrons. The van der Waals surface area contributed by atoms with Gasteiger partial charge in [-0.2, -0.15) is 0 Å². The largest absolute Gasteiger partial charge is 0.497 e. The second-order valence-corrected chi connectivity index (χ2v) is 4.77. The van der Waals surface area contributed by atoms with Gasteiger partial charge in [-0.25, -0.2) is 0 Å². The summed E-state index contributed by atoms with van der Waals surface area (Å²) in [5.74, 6) is 3.12. The molecule has 3 rings (SSSR count). The maximum absolute atomic E-state index is 5.58. The summed E-state index contributed by atoms with van der Waals surface area (Å²) < 4.78 is 27.1. The molecule has 0 atom stereocenters. The maximum atomic E-state index is 5.58. The van der Waals surface area contributed by atoms with Crippen molar-refractivity contribution in [3.63, 3.8) is 0 Å². The third-order valence-electron chi connectivity index (χ3n) is 3.65. The zero-order valence-corrected chi connectivity index (χ0v) is 13.4. The van der Waals surface area contributed by atoms with Crippen LogP contribution in [0.3, 0.4) is 0 Å². The van der Waals surface area contributed by atoms with Gasteiger partial charge in [-0.1, -0.05) is 5.16 Å². The van der Waals surface area contributed by atoms with E-state index >= 15 is 0 Å². The lowest BCUT2D eigenvalue weighted by molar-refractivity contribution is 0.396. The first-order chi connectivity index (χ1) is 11.2. The van der Waals surface area contributed by atoms with Gasteiger partial charge in [0, 0.05) is 0 Å². The Hall–Kier alpha value is -2.89. The first-order valence-corrected chi connectivity index (χ1v) is 6.96. The SMILES string of the molecule is COc1ccc(OC)c(-c2onc3c(OC)ccc(OC)c23)c1. The number of methoxy groups -OCH3 is 4. The van der Waals surface area contributed by atoms with Gasteiger partial charge in [0.05, 0.1) is 39.4 Å². The van der Waals surface area contributed by atoms with Crippen molar-refractivity contribution >= 4 is 10.9 Å². The number of nitrogens with zero attached hydrogens (tertiary/aromatic N) is 1. The minimum absolute atomic E-state index is 0.534. The van der Waals surface area contributed by atoms with Crippen LogP contribution in [0, 0.1) is 0 Å². The van der Waals surface area contributed by atoms with Crippen molar-refractivity contribution in [3.05, 3.63) is 30.3 Å². The first kappa shape index (κ1) is 15.0. The average molecular weight is 315 g/mol. The molecular formula is C17H17NO5. The van der Waals surface area contributed by atoms with Crippen LogP contribution in [0.4, 0.5) is 0 Å². The van der Waals surface area contributed by atoms with E-state index in [9.17, 15) is 0 Å². The molecule has 0 saturated heterocycles. The summed E-state index contributed by atoms with van der Waals surface area (Å²) in [7, 11) is 6.39. The monoisotopic (exact) mass is 315 g/mol. The van der Waals surface area contributed by atoms with Gasteiger partial charge in [0.15, 0.2) is 11.3 Å². The molecule has 0 N–H and O–H groups in total. The maximum Gasteiger partial charge on any atom is 0.182 e. The fraction of sp³-hybridized carbons (Fsp3) is 0.235. The van der Waals surface area contributed by atoms with Crippen LogP contribution < -0.4 is 18.9 Å². The predicted molar refractivity (Wildman–Crippen MR) is 85.7 cm³/mol. The van der Waals surface area contributed by atoms with Crippen molar-refractivity contribution in [2.24, 2.45) is 0 Å². The van der Waals surface area contributed by atoms with Gasteiger partial charge in [0.1, 0.15) is 23.0 Å². The number of fused-ring (bicyclic) bond motifs is 1. The van der Waals surface area contributed by atoms with Crippen LogP contribution >= 0.6 is 0 Å². The van der Waals surface area contributed by atoms with Gasteiger partial charge >= 0.3 is 0 Å². The zero-order valence-electron chi connectivity index (χ0n) is 13.4. The Kier molecular flexibility index (Phi) is 3.97. The molecular weight excluding hydrogens is 298 g/mol. The summed E-state index contributed by atoms with van der Waals surface area (Å²) >= 11 is 0. The Balaban J connectivity index is 2.33.